The number of nitrogens with zero attached hydrogens (tertiary/aromatic N) is 2. The zero-order valence-electron chi connectivity index (χ0n) is 19.8. The number of esters is 1. The molecule has 0 spiro atoms. The SMILES string of the molecule is Cc1ccccc1NC(=O)Cc1nc(COC(=O)c2c3c(nc4ccccc24)CC[C@H](C)C3)cs1. The number of carbonyl (C=O) groups is 2. The van der Waals surface area contributed by atoms with Crippen LogP contribution in [0.25, 0.3) is 10.9 Å². The van der Waals surface area contributed by atoms with Crippen LogP contribution in [0.3, 0.4) is 0 Å². The molecular weight excluding hydrogens is 458 g/mol. The normalized spacial score (nSPS) is 15.0. The van der Waals surface area contributed by atoms with Gasteiger partial charge in [-0.3, -0.25) is 9.78 Å². The number of para-hydroxylation sites is 2. The fourth-order valence-electron chi connectivity index (χ4n) is 4.55. The van der Waals surface area contributed by atoms with Crippen LogP contribution in [0.1, 0.15) is 51.2 Å². The molecule has 5 rings (SSSR count). The van der Waals surface area contributed by atoms with Crippen molar-refractivity contribution in [1.29, 1.82) is 0 Å². The summed E-state index contributed by atoms with van der Waals surface area (Å²) >= 11 is 1.39. The number of hydrogen-bond acceptors (Lipinski definition) is 6. The van der Waals surface area contributed by atoms with Crippen molar-refractivity contribution >= 4 is 39.8 Å². The van der Waals surface area contributed by atoms with E-state index < -0.39 is 0 Å². The van der Waals surface area contributed by atoms with Gasteiger partial charge in [0.2, 0.25) is 5.91 Å². The van der Waals surface area contributed by atoms with Crippen molar-refractivity contribution < 1.29 is 14.3 Å². The van der Waals surface area contributed by atoms with Crippen molar-refractivity contribution in [3.8, 4) is 0 Å². The summed E-state index contributed by atoms with van der Waals surface area (Å²) in [5.74, 6) is 0.0333. The number of anilines is 1. The van der Waals surface area contributed by atoms with Gasteiger partial charge < -0.3 is 10.1 Å². The second-order valence-electron chi connectivity index (χ2n) is 9.13. The molecule has 2 aromatic heterocycles. The van der Waals surface area contributed by atoms with Gasteiger partial charge in [-0.05, 0) is 55.4 Å². The van der Waals surface area contributed by atoms with Gasteiger partial charge in [0.25, 0.3) is 0 Å². The molecule has 0 unspecified atom stereocenters. The van der Waals surface area contributed by atoms with Crippen LogP contribution >= 0.6 is 11.3 Å². The van der Waals surface area contributed by atoms with E-state index in [4.69, 9.17) is 9.72 Å². The van der Waals surface area contributed by atoms with Gasteiger partial charge in [0, 0.05) is 22.1 Å². The Morgan fingerprint density at radius 2 is 1.91 bits per heavy atom. The third-order valence-electron chi connectivity index (χ3n) is 6.39. The average molecular weight is 486 g/mol. The first-order valence-corrected chi connectivity index (χ1v) is 12.7. The van der Waals surface area contributed by atoms with Crippen molar-refractivity contribution in [3.63, 3.8) is 0 Å². The first kappa shape index (κ1) is 23.2. The molecule has 2 aromatic carbocycles. The minimum atomic E-state index is -0.346. The van der Waals surface area contributed by atoms with Crippen molar-refractivity contribution in [2.75, 3.05) is 5.32 Å². The highest BCUT2D eigenvalue weighted by Gasteiger charge is 2.26. The third kappa shape index (κ3) is 5.10. The number of ether oxygens (including phenoxy) is 1. The molecule has 0 saturated carbocycles. The van der Waals surface area contributed by atoms with Crippen LogP contribution in [0.2, 0.25) is 0 Å². The standard InChI is InChI=1S/C28H27N3O3S/c1-17-11-12-24-21(13-17)27(20-8-4-6-10-23(20)30-24)28(33)34-15-19-16-35-26(29-19)14-25(32)31-22-9-5-3-7-18(22)2/h3-10,16-17H,11-15H2,1-2H3,(H,31,32)/t17-/m0/s1. The van der Waals surface area contributed by atoms with Gasteiger partial charge in [-0.25, -0.2) is 9.78 Å². The summed E-state index contributed by atoms with van der Waals surface area (Å²) in [6.07, 6.45) is 2.95. The molecule has 6 nitrogen and oxygen atoms in total. The predicted molar refractivity (Wildman–Crippen MR) is 138 cm³/mol. The molecule has 0 fully saturated rings. The number of benzene rings is 2. The molecule has 1 N–H and O–H groups in total. The highest BCUT2D eigenvalue weighted by molar-refractivity contribution is 7.09. The van der Waals surface area contributed by atoms with Crippen LogP contribution in [0.15, 0.2) is 53.9 Å². The highest BCUT2D eigenvalue weighted by Crippen LogP contribution is 2.32. The van der Waals surface area contributed by atoms with Gasteiger partial charge in [-0.1, -0.05) is 43.3 Å². The first-order chi connectivity index (χ1) is 17.0. The van der Waals surface area contributed by atoms with Crippen LogP contribution in [0.4, 0.5) is 5.69 Å². The Hall–Kier alpha value is -3.58. The second kappa shape index (κ2) is 9.96. The Morgan fingerprint density at radius 1 is 1.11 bits per heavy atom. The summed E-state index contributed by atoms with van der Waals surface area (Å²) in [5.41, 5.74) is 5.91. The average Bonchev–Trinajstić information content (AvgIpc) is 3.29. The molecule has 35 heavy (non-hydrogen) atoms. The number of aromatic nitrogens is 2. The number of amides is 1. The van der Waals surface area contributed by atoms with Crippen molar-refractivity contribution in [1.82, 2.24) is 9.97 Å². The van der Waals surface area contributed by atoms with Gasteiger partial charge >= 0.3 is 5.97 Å². The van der Waals surface area contributed by atoms with Crippen LogP contribution in [0.5, 0.6) is 0 Å². The van der Waals surface area contributed by atoms with Crippen molar-refractivity contribution in [2.24, 2.45) is 5.92 Å². The Bertz CT molecular complexity index is 1410. The lowest BCUT2D eigenvalue weighted by molar-refractivity contribution is -0.115. The lowest BCUT2D eigenvalue weighted by atomic mass is 9.84. The fourth-order valence-corrected chi connectivity index (χ4v) is 5.33. The van der Waals surface area contributed by atoms with E-state index in [-0.39, 0.29) is 24.9 Å². The van der Waals surface area contributed by atoms with Gasteiger partial charge in [0.15, 0.2) is 0 Å². The van der Waals surface area contributed by atoms with E-state index in [1.165, 1.54) is 11.3 Å². The molecule has 178 valence electrons. The smallest absolute Gasteiger partial charge is 0.339 e. The van der Waals surface area contributed by atoms with Gasteiger partial charge in [-0.2, -0.15) is 0 Å². The maximum Gasteiger partial charge on any atom is 0.339 e. The van der Waals surface area contributed by atoms with E-state index in [0.29, 0.717) is 22.2 Å². The number of hydrogen-bond donors (Lipinski definition) is 1. The molecule has 1 aliphatic carbocycles. The first-order valence-electron chi connectivity index (χ1n) is 11.8. The van der Waals surface area contributed by atoms with Crippen LogP contribution < -0.4 is 5.32 Å². The van der Waals surface area contributed by atoms with E-state index in [0.717, 1.165) is 52.7 Å². The van der Waals surface area contributed by atoms with Gasteiger partial charge in [0.1, 0.15) is 11.6 Å². The third-order valence-corrected chi connectivity index (χ3v) is 7.29. The second-order valence-corrected chi connectivity index (χ2v) is 10.1. The molecule has 7 heteroatoms. The van der Waals surface area contributed by atoms with E-state index in [2.05, 4.69) is 17.2 Å². The Morgan fingerprint density at radius 3 is 2.77 bits per heavy atom. The van der Waals surface area contributed by atoms with Crippen LogP contribution in [0, 0.1) is 12.8 Å². The Kier molecular flexibility index (Phi) is 6.59. The number of pyridine rings is 1. The zero-order valence-corrected chi connectivity index (χ0v) is 20.7. The maximum absolute atomic E-state index is 13.3. The summed E-state index contributed by atoms with van der Waals surface area (Å²) in [4.78, 5) is 35.1. The molecule has 0 bridgehead atoms. The van der Waals surface area contributed by atoms with E-state index in [1.54, 1.807) is 0 Å². The Balaban J connectivity index is 1.28. The van der Waals surface area contributed by atoms with Crippen LogP contribution in [-0.2, 0) is 35.4 Å². The molecule has 4 aromatic rings. The van der Waals surface area contributed by atoms with E-state index in [1.807, 2.05) is 60.8 Å². The molecule has 1 aliphatic rings. The minimum absolute atomic E-state index is 0.0652. The summed E-state index contributed by atoms with van der Waals surface area (Å²) in [7, 11) is 0. The monoisotopic (exact) mass is 485 g/mol. The number of fused-ring (bicyclic) bond motifs is 2. The number of carbonyl (C=O) groups excluding carboxylic acids is 2. The van der Waals surface area contributed by atoms with Crippen molar-refractivity contribution in [2.45, 2.75) is 46.1 Å². The van der Waals surface area contributed by atoms with Crippen LogP contribution in [-0.4, -0.2) is 21.8 Å². The zero-order chi connectivity index (χ0) is 24.4. The summed E-state index contributed by atoms with van der Waals surface area (Å²) in [6, 6.07) is 15.4. The summed E-state index contributed by atoms with van der Waals surface area (Å²) in [5, 5.41) is 6.28. The number of aryl methyl sites for hydroxylation is 2. The minimum Gasteiger partial charge on any atom is -0.456 e. The molecule has 1 atom stereocenters. The molecule has 0 saturated heterocycles. The van der Waals surface area contributed by atoms with E-state index >= 15 is 0 Å². The highest BCUT2D eigenvalue weighted by atomic mass is 32.1. The van der Waals surface area contributed by atoms with Crippen molar-refractivity contribution in [3.05, 3.63) is 87.0 Å². The molecular formula is C28H27N3O3S. The quantitative estimate of drug-likeness (QED) is 0.356. The summed E-state index contributed by atoms with van der Waals surface area (Å²) in [6.45, 7) is 4.23. The molecule has 0 radical (unpaired) electrons. The largest absolute Gasteiger partial charge is 0.456 e. The molecule has 0 aliphatic heterocycles. The summed E-state index contributed by atoms with van der Waals surface area (Å²) < 4.78 is 5.73. The Labute approximate surface area is 208 Å². The topological polar surface area (TPSA) is 81.2 Å². The van der Waals surface area contributed by atoms with Gasteiger partial charge in [-0.15, -0.1) is 11.3 Å². The maximum atomic E-state index is 13.3. The number of rotatable bonds is 6. The van der Waals surface area contributed by atoms with Gasteiger partial charge in [0.05, 0.1) is 23.2 Å². The van der Waals surface area contributed by atoms with E-state index in [9.17, 15) is 9.59 Å². The lowest BCUT2D eigenvalue weighted by Crippen LogP contribution is -2.19. The predicted octanol–water partition coefficient (Wildman–Crippen LogP) is 5.66. The number of thiazole rings is 1. The molecule has 1 amide bonds. The lowest BCUT2D eigenvalue weighted by Gasteiger charge is -2.24. The fraction of sp³-hybridized carbons (Fsp3) is 0.286. The number of nitrogens with one attached hydrogen (secondary N) is 1. The molecule has 2 heterocycles.